The van der Waals surface area contributed by atoms with Crippen molar-refractivity contribution in [2.24, 2.45) is 5.41 Å². The average Bonchev–Trinajstić information content (AvgIpc) is 2.74. The highest BCUT2D eigenvalue weighted by atomic mass is 31.2. The molecule has 0 aromatic heterocycles. The first-order valence-corrected chi connectivity index (χ1v) is 13.7. The Labute approximate surface area is 189 Å². The second-order valence-electron chi connectivity index (χ2n) is 8.62. The van der Waals surface area contributed by atoms with E-state index >= 15 is 0 Å². The van der Waals surface area contributed by atoms with Gasteiger partial charge in [0.15, 0.2) is 0 Å². The number of rotatable bonds is 18. The van der Waals surface area contributed by atoms with Crippen LogP contribution in [0, 0.1) is 5.41 Å². The quantitative estimate of drug-likeness (QED) is 0.186. The number of carbonyl (C=O) groups is 1. The number of carboxylic acids is 1. The molecule has 0 aliphatic carbocycles. The fourth-order valence-corrected chi connectivity index (χ4v) is 5.57. The molecule has 0 aliphatic heterocycles. The standard InChI is InChI=1S/C25H43O5P/c1-5-8-9-10-11-12-13-22-14-16-23(17-15-22)18-19-25(4,24(26)27)20-21-31(28,29-6-2)30-7-3/h14-17H,5-13,18-21H2,1-4H3,(H,26,27). The van der Waals surface area contributed by atoms with E-state index in [1.807, 2.05) is 0 Å². The van der Waals surface area contributed by atoms with E-state index in [0.29, 0.717) is 12.8 Å². The summed E-state index contributed by atoms with van der Waals surface area (Å²) in [6.07, 6.45) is 10.4. The third kappa shape index (κ3) is 10.8. The van der Waals surface area contributed by atoms with Crippen molar-refractivity contribution in [3.05, 3.63) is 35.4 Å². The molecule has 1 unspecified atom stereocenters. The largest absolute Gasteiger partial charge is 0.481 e. The Kier molecular flexibility index (Phi) is 13.3. The van der Waals surface area contributed by atoms with Crippen molar-refractivity contribution in [3.63, 3.8) is 0 Å². The van der Waals surface area contributed by atoms with Crippen LogP contribution in [0.25, 0.3) is 0 Å². The van der Waals surface area contributed by atoms with Gasteiger partial charge in [0.05, 0.1) is 24.8 Å². The molecule has 0 saturated carbocycles. The van der Waals surface area contributed by atoms with Crippen molar-refractivity contribution >= 4 is 13.6 Å². The van der Waals surface area contributed by atoms with Crippen molar-refractivity contribution in [2.45, 2.75) is 91.9 Å². The number of aliphatic carboxylic acids is 1. The number of unbranched alkanes of at least 4 members (excludes halogenated alkanes) is 5. The average molecular weight is 455 g/mol. The summed E-state index contributed by atoms with van der Waals surface area (Å²) in [5, 5.41) is 9.81. The van der Waals surface area contributed by atoms with Crippen LogP contribution < -0.4 is 0 Å². The zero-order valence-electron chi connectivity index (χ0n) is 20.0. The van der Waals surface area contributed by atoms with E-state index < -0.39 is 19.0 Å². The van der Waals surface area contributed by atoms with Gasteiger partial charge in [0.25, 0.3) is 0 Å². The zero-order valence-corrected chi connectivity index (χ0v) is 20.9. The van der Waals surface area contributed by atoms with Gasteiger partial charge >= 0.3 is 13.6 Å². The van der Waals surface area contributed by atoms with E-state index in [9.17, 15) is 14.5 Å². The van der Waals surface area contributed by atoms with Crippen molar-refractivity contribution < 1.29 is 23.5 Å². The van der Waals surface area contributed by atoms with E-state index in [4.69, 9.17) is 9.05 Å². The lowest BCUT2D eigenvalue weighted by Gasteiger charge is -2.27. The van der Waals surface area contributed by atoms with Crippen LogP contribution in [-0.2, 0) is 31.2 Å². The monoisotopic (exact) mass is 454 g/mol. The van der Waals surface area contributed by atoms with Crippen LogP contribution in [0.3, 0.4) is 0 Å². The Morgan fingerprint density at radius 3 is 1.90 bits per heavy atom. The van der Waals surface area contributed by atoms with Gasteiger partial charge in [-0.05, 0) is 64.0 Å². The molecule has 0 heterocycles. The summed E-state index contributed by atoms with van der Waals surface area (Å²) in [5.41, 5.74) is 1.51. The minimum atomic E-state index is -3.24. The third-order valence-electron chi connectivity index (χ3n) is 5.91. The molecule has 1 aromatic rings. The zero-order chi connectivity index (χ0) is 23.2. The third-order valence-corrected chi connectivity index (χ3v) is 7.99. The fraction of sp³-hybridized carbons (Fsp3) is 0.720. The summed E-state index contributed by atoms with van der Waals surface area (Å²) in [7, 11) is -3.24. The molecule has 178 valence electrons. The number of hydrogen-bond acceptors (Lipinski definition) is 4. The molecule has 1 atom stereocenters. The van der Waals surface area contributed by atoms with Crippen LogP contribution >= 0.6 is 7.60 Å². The molecule has 0 bridgehead atoms. The van der Waals surface area contributed by atoms with Gasteiger partial charge in [-0.25, -0.2) is 0 Å². The molecule has 0 aliphatic rings. The summed E-state index contributed by atoms with van der Waals surface area (Å²) >= 11 is 0. The lowest BCUT2D eigenvalue weighted by Crippen LogP contribution is -2.29. The summed E-state index contributed by atoms with van der Waals surface area (Å²) < 4.78 is 23.4. The van der Waals surface area contributed by atoms with Gasteiger partial charge in [-0.3, -0.25) is 9.36 Å². The highest BCUT2D eigenvalue weighted by molar-refractivity contribution is 7.53. The predicted molar refractivity (Wildman–Crippen MR) is 128 cm³/mol. The topological polar surface area (TPSA) is 72.8 Å². The maximum Gasteiger partial charge on any atom is 0.330 e. The van der Waals surface area contributed by atoms with Crippen molar-refractivity contribution in [3.8, 4) is 0 Å². The number of carboxylic acid groups (broad SMARTS) is 1. The van der Waals surface area contributed by atoms with Crippen LogP contribution in [0.2, 0.25) is 0 Å². The first kappa shape index (κ1) is 27.9. The molecular formula is C25H43O5P. The van der Waals surface area contributed by atoms with Crippen molar-refractivity contribution in [1.29, 1.82) is 0 Å². The maximum absolute atomic E-state index is 12.7. The molecule has 1 rings (SSSR count). The summed E-state index contributed by atoms with van der Waals surface area (Å²) in [6.45, 7) is 8.06. The van der Waals surface area contributed by atoms with Crippen LogP contribution in [0.5, 0.6) is 0 Å². The maximum atomic E-state index is 12.7. The van der Waals surface area contributed by atoms with E-state index in [1.165, 1.54) is 44.1 Å². The van der Waals surface area contributed by atoms with Gasteiger partial charge in [-0.1, -0.05) is 63.3 Å². The van der Waals surface area contributed by atoms with Crippen molar-refractivity contribution in [2.75, 3.05) is 19.4 Å². The smallest absolute Gasteiger partial charge is 0.330 e. The molecule has 0 fully saturated rings. The van der Waals surface area contributed by atoms with Crippen LogP contribution in [-0.4, -0.2) is 30.5 Å². The lowest BCUT2D eigenvalue weighted by molar-refractivity contribution is -0.148. The predicted octanol–water partition coefficient (Wildman–Crippen LogP) is 7.27. The van der Waals surface area contributed by atoms with E-state index in [1.54, 1.807) is 20.8 Å². The molecule has 0 radical (unpaired) electrons. The van der Waals surface area contributed by atoms with E-state index in [-0.39, 0.29) is 25.8 Å². The molecule has 0 amide bonds. The molecule has 0 spiro atoms. The van der Waals surface area contributed by atoms with E-state index in [0.717, 1.165) is 12.0 Å². The molecule has 6 heteroatoms. The minimum Gasteiger partial charge on any atom is -0.481 e. The normalized spacial score (nSPS) is 13.8. The second kappa shape index (κ2) is 14.8. The molecule has 1 N–H and O–H groups in total. The van der Waals surface area contributed by atoms with Gasteiger partial charge in [0.2, 0.25) is 0 Å². The molecule has 1 aromatic carbocycles. The number of aryl methyl sites for hydroxylation is 2. The summed E-state index contributed by atoms with van der Waals surface area (Å²) in [5.74, 6) is -0.869. The second-order valence-corrected chi connectivity index (χ2v) is 10.8. The summed E-state index contributed by atoms with van der Waals surface area (Å²) in [6, 6.07) is 8.55. The first-order valence-electron chi connectivity index (χ1n) is 12.0. The van der Waals surface area contributed by atoms with Crippen LogP contribution in [0.1, 0.15) is 90.2 Å². The van der Waals surface area contributed by atoms with Crippen LogP contribution in [0.15, 0.2) is 24.3 Å². The highest BCUT2D eigenvalue weighted by Gasteiger charge is 2.36. The Hall–Kier alpha value is -1.16. The van der Waals surface area contributed by atoms with E-state index in [2.05, 4.69) is 31.2 Å². The van der Waals surface area contributed by atoms with Gasteiger partial charge in [-0.2, -0.15) is 0 Å². The SMILES string of the molecule is CCCCCCCCc1ccc(CCC(C)(CCP(=O)(OCC)OCC)C(=O)O)cc1. The van der Waals surface area contributed by atoms with Gasteiger partial charge in [0.1, 0.15) is 0 Å². The molecule has 5 nitrogen and oxygen atoms in total. The molecular weight excluding hydrogens is 411 g/mol. The Morgan fingerprint density at radius 2 is 1.39 bits per heavy atom. The highest BCUT2D eigenvalue weighted by Crippen LogP contribution is 2.50. The minimum absolute atomic E-state index is 0.120. The lowest BCUT2D eigenvalue weighted by atomic mass is 9.81. The number of hydrogen-bond donors (Lipinski definition) is 1. The van der Waals surface area contributed by atoms with Crippen molar-refractivity contribution in [1.82, 2.24) is 0 Å². The van der Waals surface area contributed by atoms with Gasteiger partial charge in [0, 0.05) is 0 Å². The molecule has 31 heavy (non-hydrogen) atoms. The Bertz CT molecular complexity index is 663. The Balaban J connectivity index is 2.56. The Morgan fingerprint density at radius 1 is 0.871 bits per heavy atom. The van der Waals surface area contributed by atoms with Crippen LogP contribution in [0.4, 0.5) is 0 Å². The van der Waals surface area contributed by atoms with Gasteiger partial charge < -0.3 is 14.2 Å². The first-order chi connectivity index (χ1) is 14.8. The number of benzene rings is 1. The van der Waals surface area contributed by atoms with Gasteiger partial charge in [-0.15, -0.1) is 0 Å². The molecule has 0 saturated heterocycles. The summed E-state index contributed by atoms with van der Waals surface area (Å²) in [4.78, 5) is 12.0. The fourth-order valence-electron chi connectivity index (χ4n) is 3.68.